The third-order valence-electron chi connectivity index (χ3n) is 2.53. The van der Waals surface area contributed by atoms with Gasteiger partial charge in [0.15, 0.2) is 11.6 Å². The van der Waals surface area contributed by atoms with Gasteiger partial charge in [-0.3, -0.25) is 0 Å². The zero-order valence-electron chi connectivity index (χ0n) is 9.90. The number of hydrogen-bond donors (Lipinski definition) is 1. The van der Waals surface area contributed by atoms with Crippen molar-refractivity contribution in [2.24, 2.45) is 0 Å². The number of rotatable bonds is 6. The molecule has 0 amide bonds. The lowest BCUT2D eigenvalue weighted by Gasteiger charge is -2.09. The zero-order chi connectivity index (χ0) is 12.8. The fourth-order valence-corrected chi connectivity index (χ4v) is 1.70. The summed E-state index contributed by atoms with van der Waals surface area (Å²) in [6, 6.07) is 1.48. The van der Waals surface area contributed by atoms with Crippen molar-refractivity contribution in [3.8, 4) is 0 Å². The van der Waals surface area contributed by atoms with Gasteiger partial charge in [0.2, 0.25) is 0 Å². The SMILES string of the molecule is CSC(C)CCNCc1cc(F)c(F)cc1F. The van der Waals surface area contributed by atoms with Crippen LogP contribution in [0.3, 0.4) is 0 Å². The smallest absolute Gasteiger partial charge is 0.161 e. The van der Waals surface area contributed by atoms with Crippen LogP contribution in [0.5, 0.6) is 0 Å². The minimum atomic E-state index is -1.15. The highest BCUT2D eigenvalue weighted by Gasteiger charge is 2.09. The molecule has 96 valence electrons. The van der Waals surface area contributed by atoms with Crippen molar-refractivity contribution < 1.29 is 13.2 Å². The molecule has 1 aromatic carbocycles. The van der Waals surface area contributed by atoms with Crippen LogP contribution in [0.25, 0.3) is 0 Å². The van der Waals surface area contributed by atoms with E-state index in [1.807, 2.05) is 6.26 Å². The van der Waals surface area contributed by atoms with Crippen LogP contribution in [-0.4, -0.2) is 18.1 Å². The van der Waals surface area contributed by atoms with Crippen molar-refractivity contribution in [1.82, 2.24) is 5.32 Å². The molecule has 1 nitrogen and oxygen atoms in total. The van der Waals surface area contributed by atoms with Crippen LogP contribution < -0.4 is 5.32 Å². The molecule has 0 radical (unpaired) electrons. The molecule has 1 unspecified atom stereocenters. The van der Waals surface area contributed by atoms with Gasteiger partial charge < -0.3 is 5.32 Å². The van der Waals surface area contributed by atoms with Crippen molar-refractivity contribution in [3.05, 3.63) is 35.1 Å². The first-order valence-corrected chi connectivity index (χ1v) is 6.70. The van der Waals surface area contributed by atoms with Gasteiger partial charge in [0.1, 0.15) is 5.82 Å². The van der Waals surface area contributed by atoms with Crippen LogP contribution in [0.4, 0.5) is 13.2 Å². The Bertz CT molecular complexity index is 371. The topological polar surface area (TPSA) is 12.0 Å². The molecule has 1 aromatic rings. The number of thioether (sulfide) groups is 1. The molecule has 0 aliphatic carbocycles. The largest absolute Gasteiger partial charge is 0.313 e. The van der Waals surface area contributed by atoms with Crippen LogP contribution in [-0.2, 0) is 6.54 Å². The van der Waals surface area contributed by atoms with Crippen LogP contribution in [0.1, 0.15) is 18.9 Å². The first kappa shape index (κ1) is 14.4. The van der Waals surface area contributed by atoms with Crippen LogP contribution in [0, 0.1) is 17.5 Å². The van der Waals surface area contributed by atoms with Gasteiger partial charge in [-0.15, -0.1) is 0 Å². The van der Waals surface area contributed by atoms with E-state index in [2.05, 4.69) is 12.2 Å². The molecule has 0 heterocycles. The summed E-state index contributed by atoms with van der Waals surface area (Å²) in [5, 5.41) is 3.54. The lowest BCUT2D eigenvalue weighted by molar-refractivity contribution is 0.486. The van der Waals surface area contributed by atoms with E-state index in [-0.39, 0.29) is 12.1 Å². The van der Waals surface area contributed by atoms with Gasteiger partial charge in [-0.1, -0.05) is 6.92 Å². The maximum atomic E-state index is 13.2. The normalized spacial score (nSPS) is 12.8. The molecule has 1 rings (SSSR count). The summed E-state index contributed by atoms with van der Waals surface area (Å²) in [4.78, 5) is 0. The Hall–Kier alpha value is -0.680. The number of nitrogens with one attached hydrogen (secondary N) is 1. The second-order valence-corrected chi connectivity index (χ2v) is 5.15. The predicted molar refractivity (Wildman–Crippen MR) is 65.6 cm³/mol. The molecular weight excluding hydrogens is 247 g/mol. The Kier molecular flexibility index (Phi) is 5.85. The van der Waals surface area contributed by atoms with Crippen LogP contribution in [0.2, 0.25) is 0 Å². The minimum absolute atomic E-state index is 0.153. The molecule has 0 saturated carbocycles. The quantitative estimate of drug-likeness (QED) is 0.624. The van der Waals surface area contributed by atoms with E-state index in [0.717, 1.165) is 19.0 Å². The van der Waals surface area contributed by atoms with Crippen molar-refractivity contribution in [1.29, 1.82) is 0 Å². The molecule has 0 fully saturated rings. The maximum Gasteiger partial charge on any atom is 0.161 e. The van der Waals surface area contributed by atoms with Gasteiger partial charge in [-0.05, 0) is 25.3 Å². The summed E-state index contributed by atoms with van der Waals surface area (Å²) < 4.78 is 38.8. The fraction of sp³-hybridized carbons (Fsp3) is 0.500. The van der Waals surface area contributed by atoms with Gasteiger partial charge >= 0.3 is 0 Å². The van der Waals surface area contributed by atoms with Crippen molar-refractivity contribution in [2.45, 2.75) is 25.1 Å². The highest BCUT2D eigenvalue weighted by molar-refractivity contribution is 7.99. The van der Waals surface area contributed by atoms with Gasteiger partial charge in [0.05, 0.1) is 0 Å². The van der Waals surface area contributed by atoms with Crippen LogP contribution >= 0.6 is 11.8 Å². The predicted octanol–water partition coefficient (Wildman–Crippen LogP) is 3.34. The maximum absolute atomic E-state index is 13.2. The Morgan fingerprint density at radius 1 is 1.18 bits per heavy atom. The summed E-state index contributed by atoms with van der Waals surface area (Å²) in [6.07, 6.45) is 2.98. The lowest BCUT2D eigenvalue weighted by Crippen LogP contribution is -2.18. The molecule has 5 heteroatoms. The van der Waals surface area contributed by atoms with E-state index >= 15 is 0 Å². The number of benzene rings is 1. The zero-order valence-corrected chi connectivity index (χ0v) is 10.7. The molecule has 0 aromatic heterocycles. The van der Waals surface area contributed by atoms with Crippen molar-refractivity contribution in [2.75, 3.05) is 12.8 Å². The molecule has 0 spiro atoms. The summed E-state index contributed by atoms with van der Waals surface area (Å²) >= 11 is 1.75. The monoisotopic (exact) mass is 263 g/mol. The third kappa shape index (κ3) is 4.60. The molecule has 0 saturated heterocycles. The molecule has 1 N–H and O–H groups in total. The molecule has 1 atom stereocenters. The molecule has 0 bridgehead atoms. The van der Waals surface area contributed by atoms with Crippen LogP contribution in [0.15, 0.2) is 12.1 Å². The first-order valence-electron chi connectivity index (χ1n) is 5.41. The second-order valence-electron chi connectivity index (χ2n) is 3.87. The molecule has 0 aliphatic heterocycles. The molecule has 17 heavy (non-hydrogen) atoms. The minimum Gasteiger partial charge on any atom is -0.313 e. The number of hydrogen-bond acceptors (Lipinski definition) is 2. The lowest BCUT2D eigenvalue weighted by atomic mass is 10.2. The van der Waals surface area contributed by atoms with E-state index in [4.69, 9.17) is 0 Å². The Balaban J connectivity index is 2.44. The average Bonchev–Trinajstić information content (AvgIpc) is 2.30. The second kappa shape index (κ2) is 6.91. The highest BCUT2D eigenvalue weighted by Crippen LogP contribution is 2.13. The average molecular weight is 263 g/mol. The van der Waals surface area contributed by atoms with Crippen molar-refractivity contribution in [3.63, 3.8) is 0 Å². The standard InChI is InChI=1S/C12H16F3NS/c1-8(17-2)3-4-16-7-9-5-11(14)12(15)6-10(9)13/h5-6,8,16H,3-4,7H2,1-2H3. The van der Waals surface area contributed by atoms with Crippen molar-refractivity contribution >= 4 is 11.8 Å². The van der Waals surface area contributed by atoms with E-state index in [1.54, 1.807) is 11.8 Å². The number of halogens is 3. The summed E-state index contributed by atoms with van der Waals surface area (Å²) in [6.45, 7) is 3.04. The molecule has 0 aliphatic rings. The van der Waals surface area contributed by atoms with Gasteiger partial charge in [0, 0.05) is 23.4 Å². The van der Waals surface area contributed by atoms with E-state index in [9.17, 15) is 13.2 Å². The molecular formula is C12H16F3NS. The van der Waals surface area contributed by atoms with E-state index in [1.165, 1.54) is 0 Å². The third-order valence-corrected chi connectivity index (χ3v) is 3.58. The summed E-state index contributed by atoms with van der Waals surface area (Å²) in [5.41, 5.74) is 0.153. The summed E-state index contributed by atoms with van der Waals surface area (Å²) in [5.74, 6) is -2.88. The Morgan fingerprint density at radius 2 is 1.82 bits per heavy atom. The Labute approximate surface area is 104 Å². The van der Waals surface area contributed by atoms with Gasteiger partial charge in [-0.25, -0.2) is 13.2 Å². The summed E-state index contributed by atoms with van der Waals surface area (Å²) in [7, 11) is 0. The highest BCUT2D eigenvalue weighted by atomic mass is 32.2. The van der Waals surface area contributed by atoms with E-state index < -0.39 is 17.5 Å². The first-order chi connectivity index (χ1) is 8.04. The fourth-order valence-electron chi connectivity index (χ4n) is 1.35. The van der Waals surface area contributed by atoms with Gasteiger partial charge in [-0.2, -0.15) is 11.8 Å². The van der Waals surface area contributed by atoms with E-state index in [0.29, 0.717) is 11.3 Å². The van der Waals surface area contributed by atoms with Gasteiger partial charge in [0.25, 0.3) is 0 Å². The Morgan fingerprint density at radius 3 is 2.47 bits per heavy atom.